The fraction of sp³-hybridized carbons (Fsp3) is 0.238. The summed E-state index contributed by atoms with van der Waals surface area (Å²) in [7, 11) is 3.37. The molecule has 3 rings (SSSR count). The van der Waals surface area contributed by atoms with Crippen molar-refractivity contribution in [1.82, 2.24) is 4.98 Å². The van der Waals surface area contributed by atoms with E-state index in [0.29, 0.717) is 0 Å². The molecule has 0 radical (unpaired) electrons. The minimum atomic E-state index is 0.866. The molecule has 0 bridgehead atoms. The molecule has 1 heterocycles. The van der Waals surface area contributed by atoms with Crippen LogP contribution in [0.5, 0.6) is 11.5 Å². The monoisotopic (exact) mass is 321 g/mol. The van der Waals surface area contributed by atoms with E-state index in [9.17, 15) is 0 Å². The molecule has 0 atom stereocenters. The molecule has 24 heavy (non-hydrogen) atoms. The number of nitrogens with one attached hydrogen (secondary N) is 1. The van der Waals surface area contributed by atoms with Gasteiger partial charge < -0.3 is 14.5 Å². The molecule has 0 spiro atoms. The number of rotatable bonds is 6. The molecule has 0 amide bonds. The van der Waals surface area contributed by atoms with Crippen molar-refractivity contribution < 1.29 is 9.47 Å². The maximum atomic E-state index is 5.27. The smallest absolute Gasteiger partial charge is 0.118 e. The van der Waals surface area contributed by atoms with Crippen LogP contribution in [0.25, 0.3) is 22.4 Å². The van der Waals surface area contributed by atoms with Crippen LogP contribution in [-0.2, 0) is 6.42 Å². The molecule has 1 N–H and O–H groups in total. The van der Waals surface area contributed by atoms with E-state index in [4.69, 9.17) is 9.47 Å². The Morgan fingerprint density at radius 3 is 1.83 bits per heavy atom. The number of hydrogen-bond donors (Lipinski definition) is 1. The number of methoxy groups -OCH3 is 2. The first-order chi connectivity index (χ1) is 11.7. The second kappa shape index (κ2) is 7.26. The van der Waals surface area contributed by atoms with Gasteiger partial charge in [-0.05, 0) is 60.0 Å². The van der Waals surface area contributed by atoms with Crippen molar-refractivity contribution in [1.29, 1.82) is 0 Å². The van der Waals surface area contributed by atoms with E-state index in [-0.39, 0.29) is 0 Å². The van der Waals surface area contributed by atoms with Gasteiger partial charge in [-0.15, -0.1) is 0 Å². The Morgan fingerprint density at radius 2 is 1.33 bits per heavy atom. The van der Waals surface area contributed by atoms with Gasteiger partial charge in [-0.2, -0.15) is 0 Å². The maximum Gasteiger partial charge on any atom is 0.118 e. The molecule has 124 valence electrons. The zero-order chi connectivity index (χ0) is 16.9. The number of aryl methyl sites for hydroxylation is 1. The van der Waals surface area contributed by atoms with Gasteiger partial charge in [0, 0.05) is 11.3 Å². The van der Waals surface area contributed by atoms with Crippen molar-refractivity contribution in [2.24, 2.45) is 0 Å². The van der Waals surface area contributed by atoms with Crippen molar-refractivity contribution in [3.63, 3.8) is 0 Å². The highest BCUT2D eigenvalue weighted by Gasteiger charge is 2.12. The van der Waals surface area contributed by atoms with E-state index in [1.807, 2.05) is 24.3 Å². The van der Waals surface area contributed by atoms with E-state index in [0.717, 1.165) is 35.6 Å². The summed E-state index contributed by atoms with van der Waals surface area (Å²) in [5.41, 5.74) is 5.95. The first-order valence-electron chi connectivity index (χ1n) is 8.26. The third-order valence-corrected chi connectivity index (χ3v) is 4.17. The Bertz CT molecular complexity index is 721. The molecule has 0 unspecified atom stereocenters. The fourth-order valence-electron chi connectivity index (χ4n) is 2.90. The molecule has 2 aromatic carbocycles. The highest BCUT2D eigenvalue weighted by atomic mass is 16.5. The first kappa shape index (κ1) is 16.2. The van der Waals surface area contributed by atoms with Crippen LogP contribution >= 0.6 is 0 Å². The SMILES string of the molecule is CCCc1cc(-c2ccc(OC)cc2)c(-c2ccc(OC)cc2)[nH]1. The van der Waals surface area contributed by atoms with Crippen LogP contribution in [0, 0.1) is 0 Å². The molecule has 0 aliphatic carbocycles. The van der Waals surface area contributed by atoms with Crippen molar-refractivity contribution in [3.05, 3.63) is 60.3 Å². The summed E-state index contributed by atoms with van der Waals surface area (Å²) in [6, 6.07) is 18.6. The van der Waals surface area contributed by atoms with E-state index < -0.39 is 0 Å². The van der Waals surface area contributed by atoms with Crippen molar-refractivity contribution >= 4 is 0 Å². The van der Waals surface area contributed by atoms with Crippen LogP contribution in [-0.4, -0.2) is 19.2 Å². The second-order valence-corrected chi connectivity index (χ2v) is 5.79. The van der Waals surface area contributed by atoms with Crippen molar-refractivity contribution in [3.8, 4) is 33.9 Å². The molecule has 0 aliphatic rings. The Labute approximate surface area is 143 Å². The zero-order valence-corrected chi connectivity index (χ0v) is 14.4. The highest BCUT2D eigenvalue weighted by Crippen LogP contribution is 2.34. The topological polar surface area (TPSA) is 34.2 Å². The van der Waals surface area contributed by atoms with E-state index in [1.165, 1.54) is 16.8 Å². The predicted molar refractivity (Wildman–Crippen MR) is 98.8 cm³/mol. The molecular formula is C21H23NO2. The molecular weight excluding hydrogens is 298 g/mol. The second-order valence-electron chi connectivity index (χ2n) is 5.79. The first-order valence-corrected chi connectivity index (χ1v) is 8.26. The average molecular weight is 321 g/mol. The lowest BCUT2D eigenvalue weighted by atomic mass is 10.0. The minimum Gasteiger partial charge on any atom is -0.497 e. The molecule has 0 aliphatic heterocycles. The van der Waals surface area contributed by atoms with Crippen LogP contribution < -0.4 is 9.47 Å². The van der Waals surface area contributed by atoms with Gasteiger partial charge in [0.1, 0.15) is 11.5 Å². The van der Waals surface area contributed by atoms with Gasteiger partial charge in [-0.1, -0.05) is 25.5 Å². The largest absolute Gasteiger partial charge is 0.497 e. The molecule has 3 heteroatoms. The Balaban J connectivity index is 2.05. The third-order valence-electron chi connectivity index (χ3n) is 4.17. The summed E-state index contributed by atoms with van der Waals surface area (Å²) in [6.07, 6.45) is 2.16. The minimum absolute atomic E-state index is 0.866. The number of hydrogen-bond acceptors (Lipinski definition) is 2. The lowest BCUT2D eigenvalue weighted by Gasteiger charge is -2.07. The van der Waals surface area contributed by atoms with Gasteiger partial charge in [0.15, 0.2) is 0 Å². The highest BCUT2D eigenvalue weighted by molar-refractivity contribution is 5.82. The van der Waals surface area contributed by atoms with E-state index in [2.05, 4.69) is 42.2 Å². The standard InChI is InChI=1S/C21H23NO2/c1-4-5-17-14-20(15-6-10-18(23-2)11-7-15)21(22-17)16-8-12-19(24-3)13-9-16/h6-14,22H,4-5H2,1-3H3. The quantitative estimate of drug-likeness (QED) is 0.667. The van der Waals surface area contributed by atoms with Gasteiger partial charge in [0.25, 0.3) is 0 Å². The summed E-state index contributed by atoms with van der Waals surface area (Å²) in [6.45, 7) is 2.20. The lowest BCUT2D eigenvalue weighted by molar-refractivity contribution is 0.414. The molecule has 1 aromatic heterocycles. The fourth-order valence-corrected chi connectivity index (χ4v) is 2.90. The van der Waals surface area contributed by atoms with Gasteiger partial charge in [-0.3, -0.25) is 0 Å². The van der Waals surface area contributed by atoms with Crippen LogP contribution in [0.1, 0.15) is 19.0 Å². The zero-order valence-electron chi connectivity index (χ0n) is 14.4. The van der Waals surface area contributed by atoms with Crippen LogP contribution in [0.15, 0.2) is 54.6 Å². The average Bonchev–Trinajstić information content (AvgIpc) is 3.06. The molecule has 3 aromatic rings. The number of aromatic amines is 1. The summed E-state index contributed by atoms with van der Waals surface area (Å²) >= 11 is 0. The molecule has 3 nitrogen and oxygen atoms in total. The third kappa shape index (κ3) is 3.30. The normalized spacial score (nSPS) is 10.6. The van der Waals surface area contributed by atoms with Gasteiger partial charge in [-0.25, -0.2) is 0 Å². The van der Waals surface area contributed by atoms with Crippen molar-refractivity contribution in [2.75, 3.05) is 14.2 Å². The number of aromatic nitrogens is 1. The molecule has 0 fully saturated rings. The summed E-state index contributed by atoms with van der Waals surface area (Å²) in [4.78, 5) is 3.59. The summed E-state index contributed by atoms with van der Waals surface area (Å²) < 4.78 is 10.5. The van der Waals surface area contributed by atoms with Gasteiger partial charge >= 0.3 is 0 Å². The van der Waals surface area contributed by atoms with Crippen molar-refractivity contribution in [2.45, 2.75) is 19.8 Å². The number of benzene rings is 2. The number of H-pyrrole nitrogens is 1. The number of ether oxygens (including phenoxy) is 2. The van der Waals surface area contributed by atoms with Gasteiger partial charge in [0.05, 0.1) is 19.9 Å². The van der Waals surface area contributed by atoms with Crippen LogP contribution in [0.2, 0.25) is 0 Å². The van der Waals surface area contributed by atoms with E-state index >= 15 is 0 Å². The Morgan fingerprint density at radius 1 is 0.792 bits per heavy atom. The van der Waals surface area contributed by atoms with Crippen LogP contribution in [0.4, 0.5) is 0 Å². The Kier molecular flexibility index (Phi) is 4.90. The van der Waals surface area contributed by atoms with Crippen LogP contribution in [0.3, 0.4) is 0 Å². The lowest BCUT2D eigenvalue weighted by Crippen LogP contribution is -1.86. The summed E-state index contributed by atoms with van der Waals surface area (Å²) in [5, 5.41) is 0. The van der Waals surface area contributed by atoms with E-state index in [1.54, 1.807) is 14.2 Å². The predicted octanol–water partition coefficient (Wildman–Crippen LogP) is 5.32. The maximum absolute atomic E-state index is 5.27. The van der Waals surface area contributed by atoms with Gasteiger partial charge in [0.2, 0.25) is 0 Å². The molecule has 0 saturated heterocycles. The molecule has 0 saturated carbocycles. The Hall–Kier alpha value is -2.68. The summed E-state index contributed by atoms with van der Waals surface area (Å²) in [5.74, 6) is 1.74.